The molecule has 36 heavy (non-hydrogen) atoms. The van der Waals surface area contributed by atoms with Gasteiger partial charge < -0.3 is 19.6 Å². The van der Waals surface area contributed by atoms with E-state index in [1.54, 1.807) is 6.92 Å². The number of fused-ring (bicyclic) bond motifs is 2. The maximum Gasteiger partial charge on any atom is 0.273 e. The molecular formula is C27H33N7O2. The molecule has 2 amide bonds. The lowest BCUT2D eigenvalue weighted by Crippen LogP contribution is -2.48. The Morgan fingerprint density at radius 1 is 1.08 bits per heavy atom. The van der Waals surface area contributed by atoms with Crippen LogP contribution in [0, 0.1) is 6.92 Å². The molecule has 0 aliphatic carbocycles. The van der Waals surface area contributed by atoms with E-state index in [-0.39, 0.29) is 17.9 Å². The van der Waals surface area contributed by atoms with Gasteiger partial charge in [0.15, 0.2) is 0 Å². The van der Waals surface area contributed by atoms with Gasteiger partial charge in [0.25, 0.3) is 5.91 Å². The summed E-state index contributed by atoms with van der Waals surface area (Å²) >= 11 is 0. The third-order valence-electron chi connectivity index (χ3n) is 7.14. The smallest absolute Gasteiger partial charge is 0.273 e. The normalized spacial score (nSPS) is 15.7. The number of rotatable bonds is 5. The molecule has 0 N–H and O–H groups in total. The van der Waals surface area contributed by atoms with Crippen LogP contribution in [0.2, 0.25) is 0 Å². The van der Waals surface area contributed by atoms with Crippen LogP contribution in [0.15, 0.2) is 30.3 Å². The Balaban J connectivity index is 1.50. The van der Waals surface area contributed by atoms with Crippen LogP contribution in [0.3, 0.4) is 0 Å². The number of aromatic nitrogens is 3. The van der Waals surface area contributed by atoms with Crippen molar-refractivity contribution in [3.8, 4) is 0 Å². The zero-order chi connectivity index (χ0) is 25.6. The van der Waals surface area contributed by atoms with Crippen molar-refractivity contribution >= 4 is 34.4 Å². The van der Waals surface area contributed by atoms with Crippen molar-refractivity contribution in [2.75, 3.05) is 43.0 Å². The number of carbonyl (C=O) groups excluding carboxylic acids is 2. The SMILES string of the molecule is CC(=O)N1CCN(c2nc3c(c(N(C)Cc4cc5ccccc5c(C)n4)n2)CN(C(C)C)C3=O)CC1. The summed E-state index contributed by atoms with van der Waals surface area (Å²) in [5.41, 5.74) is 3.28. The quantitative estimate of drug-likeness (QED) is 0.547. The summed E-state index contributed by atoms with van der Waals surface area (Å²) in [4.78, 5) is 47.4. The minimum Gasteiger partial charge on any atom is -0.353 e. The van der Waals surface area contributed by atoms with Crippen LogP contribution in [0.5, 0.6) is 0 Å². The number of amides is 2. The van der Waals surface area contributed by atoms with Crippen LogP contribution >= 0.6 is 0 Å². The fourth-order valence-electron chi connectivity index (χ4n) is 5.10. The number of pyridine rings is 1. The molecule has 0 spiro atoms. The predicted molar refractivity (Wildman–Crippen MR) is 140 cm³/mol. The molecule has 4 heterocycles. The van der Waals surface area contributed by atoms with Gasteiger partial charge in [-0.2, -0.15) is 4.98 Å². The van der Waals surface area contributed by atoms with E-state index in [0.29, 0.717) is 50.9 Å². The number of carbonyl (C=O) groups is 2. The van der Waals surface area contributed by atoms with Crippen molar-refractivity contribution in [3.05, 3.63) is 53.0 Å². The summed E-state index contributed by atoms with van der Waals surface area (Å²) in [7, 11) is 1.99. The molecule has 1 saturated heterocycles. The van der Waals surface area contributed by atoms with Gasteiger partial charge in [-0.3, -0.25) is 14.6 Å². The Morgan fingerprint density at radius 2 is 1.81 bits per heavy atom. The van der Waals surface area contributed by atoms with Crippen molar-refractivity contribution < 1.29 is 9.59 Å². The average molecular weight is 488 g/mol. The number of nitrogens with zero attached hydrogens (tertiary/aromatic N) is 7. The zero-order valence-corrected chi connectivity index (χ0v) is 21.7. The van der Waals surface area contributed by atoms with E-state index < -0.39 is 0 Å². The molecule has 2 aliphatic heterocycles. The van der Waals surface area contributed by atoms with E-state index in [1.807, 2.05) is 49.8 Å². The van der Waals surface area contributed by atoms with Gasteiger partial charge in [0.2, 0.25) is 11.9 Å². The Bertz CT molecular complexity index is 1330. The molecular weight excluding hydrogens is 454 g/mol. The van der Waals surface area contributed by atoms with E-state index in [0.717, 1.165) is 33.5 Å². The van der Waals surface area contributed by atoms with Crippen LogP contribution in [0.1, 0.15) is 48.2 Å². The van der Waals surface area contributed by atoms with Crippen LogP contribution in [0.25, 0.3) is 10.8 Å². The van der Waals surface area contributed by atoms with E-state index in [1.165, 1.54) is 0 Å². The molecule has 5 rings (SSSR count). The number of aryl methyl sites for hydroxylation is 1. The maximum absolute atomic E-state index is 13.3. The lowest BCUT2D eigenvalue weighted by atomic mass is 10.1. The zero-order valence-electron chi connectivity index (χ0n) is 21.7. The highest BCUT2D eigenvalue weighted by molar-refractivity contribution is 5.98. The Morgan fingerprint density at radius 3 is 2.50 bits per heavy atom. The topological polar surface area (TPSA) is 85.8 Å². The van der Waals surface area contributed by atoms with Crippen molar-refractivity contribution in [2.24, 2.45) is 0 Å². The van der Waals surface area contributed by atoms with E-state index >= 15 is 0 Å². The minimum atomic E-state index is -0.0552. The number of hydrogen-bond acceptors (Lipinski definition) is 7. The van der Waals surface area contributed by atoms with Crippen LogP contribution in [-0.4, -0.2) is 75.8 Å². The van der Waals surface area contributed by atoms with Gasteiger partial charge in [-0.1, -0.05) is 24.3 Å². The molecule has 9 heteroatoms. The molecule has 9 nitrogen and oxygen atoms in total. The minimum absolute atomic E-state index is 0.0552. The fourth-order valence-corrected chi connectivity index (χ4v) is 5.10. The Labute approximate surface area is 211 Å². The second-order valence-electron chi connectivity index (χ2n) is 9.97. The molecule has 0 bridgehead atoms. The maximum atomic E-state index is 13.3. The summed E-state index contributed by atoms with van der Waals surface area (Å²) in [5, 5.41) is 2.31. The summed E-state index contributed by atoms with van der Waals surface area (Å²) in [6.45, 7) is 11.2. The van der Waals surface area contributed by atoms with Gasteiger partial charge in [-0.05, 0) is 32.2 Å². The van der Waals surface area contributed by atoms with Gasteiger partial charge in [0.05, 0.1) is 18.8 Å². The third kappa shape index (κ3) is 4.34. The largest absolute Gasteiger partial charge is 0.353 e. The van der Waals surface area contributed by atoms with Crippen molar-refractivity contribution in [1.29, 1.82) is 0 Å². The second-order valence-corrected chi connectivity index (χ2v) is 9.97. The van der Waals surface area contributed by atoms with Crippen molar-refractivity contribution in [1.82, 2.24) is 24.8 Å². The Kier molecular flexibility index (Phi) is 6.24. The van der Waals surface area contributed by atoms with Crippen molar-refractivity contribution in [3.63, 3.8) is 0 Å². The highest BCUT2D eigenvalue weighted by Gasteiger charge is 2.36. The molecule has 1 aromatic carbocycles. The summed E-state index contributed by atoms with van der Waals surface area (Å²) in [6.07, 6.45) is 0. The predicted octanol–water partition coefficient (Wildman–Crippen LogP) is 3.00. The van der Waals surface area contributed by atoms with Crippen LogP contribution in [0.4, 0.5) is 11.8 Å². The van der Waals surface area contributed by atoms with Crippen LogP contribution in [-0.2, 0) is 17.9 Å². The van der Waals surface area contributed by atoms with E-state index in [2.05, 4.69) is 28.0 Å². The fraction of sp³-hybridized carbons (Fsp3) is 0.444. The molecule has 0 saturated carbocycles. The molecule has 0 unspecified atom stereocenters. The number of hydrogen-bond donors (Lipinski definition) is 0. The van der Waals surface area contributed by atoms with Gasteiger partial charge in [-0.15, -0.1) is 0 Å². The van der Waals surface area contributed by atoms with Gasteiger partial charge >= 0.3 is 0 Å². The van der Waals surface area contributed by atoms with Crippen LogP contribution < -0.4 is 9.80 Å². The first kappa shape index (κ1) is 24.0. The summed E-state index contributed by atoms with van der Waals surface area (Å²) in [6, 6.07) is 10.4. The lowest BCUT2D eigenvalue weighted by Gasteiger charge is -2.34. The molecule has 2 aliphatic rings. The second kappa shape index (κ2) is 9.37. The molecule has 0 radical (unpaired) electrons. The first-order valence-electron chi connectivity index (χ1n) is 12.5. The van der Waals surface area contributed by atoms with E-state index in [4.69, 9.17) is 15.0 Å². The van der Waals surface area contributed by atoms with Gasteiger partial charge in [-0.25, -0.2) is 4.98 Å². The average Bonchev–Trinajstić information content (AvgIpc) is 3.20. The number of piperazine rings is 1. The third-order valence-corrected chi connectivity index (χ3v) is 7.14. The molecule has 3 aromatic rings. The molecule has 2 aromatic heterocycles. The molecule has 1 fully saturated rings. The molecule has 188 valence electrons. The van der Waals surface area contributed by atoms with E-state index in [9.17, 15) is 9.59 Å². The van der Waals surface area contributed by atoms with Crippen molar-refractivity contribution in [2.45, 2.75) is 46.8 Å². The summed E-state index contributed by atoms with van der Waals surface area (Å²) in [5.74, 6) is 1.32. The highest BCUT2D eigenvalue weighted by atomic mass is 16.2. The lowest BCUT2D eigenvalue weighted by molar-refractivity contribution is -0.129. The number of anilines is 2. The summed E-state index contributed by atoms with van der Waals surface area (Å²) < 4.78 is 0. The highest BCUT2D eigenvalue weighted by Crippen LogP contribution is 2.33. The monoisotopic (exact) mass is 487 g/mol. The molecule has 0 atom stereocenters. The first-order valence-corrected chi connectivity index (χ1v) is 12.5. The van der Waals surface area contributed by atoms with Gasteiger partial charge in [0, 0.05) is 62.8 Å². The van der Waals surface area contributed by atoms with Gasteiger partial charge in [0.1, 0.15) is 11.5 Å². The first-order chi connectivity index (χ1) is 17.2. The number of benzene rings is 1. The standard InChI is InChI=1S/C27H33N7O2/c1-17(2)34-16-23-24(26(34)36)29-27(33-12-10-32(11-13-33)19(4)35)30-25(23)31(5)15-21-14-20-8-6-7-9-22(20)18(3)28-21/h6-9,14,17H,10-13,15-16H2,1-5H3. The Hall–Kier alpha value is -3.75.